The van der Waals surface area contributed by atoms with Crippen LogP contribution in [0.2, 0.25) is 10.0 Å². The number of amides is 3. The Hall–Kier alpha value is -5.48. The van der Waals surface area contributed by atoms with Gasteiger partial charge in [-0.1, -0.05) is 41.4 Å². The van der Waals surface area contributed by atoms with Gasteiger partial charge in [-0.3, -0.25) is 29.0 Å². The number of nitrogens with zero attached hydrogens (tertiary/aromatic N) is 5. The normalized spacial score (nSPS) is 19.3. The summed E-state index contributed by atoms with van der Waals surface area (Å²) in [5, 5.41) is 12.0. The summed E-state index contributed by atoms with van der Waals surface area (Å²) >= 11 is 12.2. The predicted octanol–water partition coefficient (Wildman–Crippen LogP) is 6.72. The molecule has 5 aromatic rings. The molecule has 0 unspecified atom stereocenters. The van der Waals surface area contributed by atoms with Crippen molar-refractivity contribution in [2.45, 2.75) is 62.0 Å². The molecule has 3 aliphatic rings. The SMILES string of the molecule is C[C@@]1(Cc2ccc(OC(F)(F)F)cc2)C(=O)N(c2cc(Cl)c(F)c(Cl)c2)c2ncc(C(=O)NC3(C(=O)NC4(c5ccc(-c6cn[nH]c6)cn5)CC4)CC3)n21. The van der Waals surface area contributed by atoms with E-state index in [1.165, 1.54) is 42.0 Å². The molecule has 1 aliphatic heterocycles. The van der Waals surface area contributed by atoms with Crippen LogP contribution in [0.1, 0.15) is 54.4 Å². The van der Waals surface area contributed by atoms with Crippen LogP contribution in [0.5, 0.6) is 5.75 Å². The van der Waals surface area contributed by atoms with Crippen LogP contribution in [0.25, 0.3) is 11.1 Å². The van der Waals surface area contributed by atoms with E-state index in [0.29, 0.717) is 36.9 Å². The van der Waals surface area contributed by atoms with E-state index in [-0.39, 0.29) is 39.7 Å². The highest BCUT2D eigenvalue weighted by atomic mass is 35.5. The van der Waals surface area contributed by atoms with Crippen molar-refractivity contribution in [2.24, 2.45) is 0 Å². The maximum absolute atomic E-state index is 14.4. The number of ether oxygens (including phenoxy) is 1. The molecule has 1 atom stereocenters. The Balaban J connectivity index is 1.08. The Morgan fingerprint density at radius 1 is 0.944 bits per heavy atom. The van der Waals surface area contributed by atoms with Crippen molar-refractivity contribution in [1.29, 1.82) is 0 Å². The third kappa shape index (κ3) is 6.22. The average molecular weight is 784 g/mol. The fraction of sp³-hybridized carbons (Fsp3) is 0.278. The van der Waals surface area contributed by atoms with Gasteiger partial charge in [0, 0.05) is 29.9 Å². The third-order valence-electron chi connectivity index (χ3n) is 9.99. The van der Waals surface area contributed by atoms with Crippen LogP contribution in [-0.4, -0.2) is 54.4 Å². The Kier molecular flexibility index (Phi) is 8.26. The minimum atomic E-state index is -4.90. The number of anilines is 2. The van der Waals surface area contributed by atoms with Crippen molar-refractivity contribution in [3.05, 3.63) is 106 Å². The summed E-state index contributed by atoms with van der Waals surface area (Å²) in [6.07, 6.45) is 3.39. The zero-order chi connectivity index (χ0) is 38.2. The summed E-state index contributed by atoms with van der Waals surface area (Å²) in [4.78, 5) is 52.5. The maximum Gasteiger partial charge on any atom is 0.573 e. The number of rotatable bonds is 10. The van der Waals surface area contributed by atoms with E-state index >= 15 is 0 Å². The predicted molar refractivity (Wildman–Crippen MR) is 187 cm³/mol. The van der Waals surface area contributed by atoms with E-state index in [9.17, 15) is 31.9 Å². The van der Waals surface area contributed by atoms with Gasteiger partial charge in [0.2, 0.25) is 11.9 Å². The molecule has 3 N–H and O–H groups in total. The van der Waals surface area contributed by atoms with E-state index in [0.717, 1.165) is 28.2 Å². The lowest BCUT2D eigenvalue weighted by Gasteiger charge is -2.27. The lowest BCUT2D eigenvalue weighted by Crippen LogP contribution is -2.52. The van der Waals surface area contributed by atoms with Crippen LogP contribution >= 0.6 is 23.2 Å². The monoisotopic (exact) mass is 782 g/mol. The molecule has 3 aromatic heterocycles. The summed E-state index contributed by atoms with van der Waals surface area (Å²) < 4.78 is 58.2. The first-order valence-electron chi connectivity index (χ1n) is 16.6. The highest BCUT2D eigenvalue weighted by Crippen LogP contribution is 2.48. The highest BCUT2D eigenvalue weighted by molar-refractivity contribution is 6.35. The fourth-order valence-electron chi connectivity index (χ4n) is 6.82. The van der Waals surface area contributed by atoms with Gasteiger partial charge in [-0.25, -0.2) is 14.3 Å². The van der Waals surface area contributed by atoms with Crippen LogP contribution in [0.15, 0.2) is 73.3 Å². The van der Waals surface area contributed by atoms with Gasteiger partial charge in [0.15, 0.2) is 5.82 Å². The molecular weight excluding hydrogens is 755 g/mol. The van der Waals surface area contributed by atoms with Gasteiger partial charge < -0.3 is 15.4 Å². The second-order valence-corrected chi connectivity index (χ2v) is 14.6. The van der Waals surface area contributed by atoms with Gasteiger partial charge in [-0.05, 0) is 68.5 Å². The fourth-order valence-corrected chi connectivity index (χ4v) is 7.29. The number of carbonyl (C=O) groups excluding carboxylic acids is 3. The van der Waals surface area contributed by atoms with E-state index in [2.05, 4.69) is 35.5 Å². The van der Waals surface area contributed by atoms with Crippen molar-refractivity contribution in [3.63, 3.8) is 0 Å². The van der Waals surface area contributed by atoms with Crippen LogP contribution in [0, 0.1) is 5.82 Å². The van der Waals surface area contributed by atoms with Gasteiger partial charge >= 0.3 is 6.36 Å². The van der Waals surface area contributed by atoms with E-state index < -0.39 is 46.4 Å². The second-order valence-electron chi connectivity index (χ2n) is 13.8. The molecule has 2 saturated carbocycles. The van der Waals surface area contributed by atoms with Gasteiger partial charge in [0.1, 0.15) is 22.5 Å². The molecule has 54 heavy (non-hydrogen) atoms. The summed E-state index contributed by atoms with van der Waals surface area (Å²) in [5.41, 5.74) is -0.709. The van der Waals surface area contributed by atoms with E-state index in [1.807, 2.05) is 12.1 Å². The number of alkyl halides is 3. The topological polar surface area (TPSA) is 147 Å². The second kappa shape index (κ2) is 12.6. The number of aromatic nitrogens is 5. The number of fused-ring (bicyclic) bond motifs is 1. The Labute approximate surface area is 313 Å². The maximum atomic E-state index is 14.4. The van der Waals surface area contributed by atoms with Gasteiger partial charge in [0.25, 0.3) is 11.8 Å². The van der Waals surface area contributed by atoms with E-state index in [4.69, 9.17) is 23.2 Å². The summed E-state index contributed by atoms with van der Waals surface area (Å²) in [6, 6.07) is 11.1. The minimum absolute atomic E-state index is 0.0282. The Morgan fingerprint density at radius 2 is 1.65 bits per heavy atom. The van der Waals surface area contributed by atoms with Gasteiger partial charge in [-0.15, -0.1) is 13.2 Å². The molecule has 278 valence electrons. The lowest BCUT2D eigenvalue weighted by atomic mass is 9.91. The molecule has 3 amide bonds. The molecule has 0 saturated heterocycles. The number of carbonyl (C=O) groups is 3. The molecule has 2 aliphatic carbocycles. The first-order chi connectivity index (χ1) is 25.6. The highest BCUT2D eigenvalue weighted by Gasteiger charge is 2.57. The molecule has 12 nitrogen and oxygen atoms in total. The van der Waals surface area contributed by atoms with Crippen molar-refractivity contribution >= 4 is 52.6 Å². The third-order valence-corrected chi connectivity index (χ3v) is 10.5. The number of H-pyrrole nitrogens is 1. The lowest BCUT2D eigenvalue weighted by molar-refractivity contribution is -0.274. The molecule has 0 spiro atoms. The number of hydrogen-bond donors (Lipinski definition) is 3. The van der Waals surface area contributed by atoms with Gasteiger partial charge in [0.05, 0.1) is 39.4 Å². The molecule has 0 radical (unpaired) electrons. The number of imidazole rings is 1. The molecule has 2 aromatic carbocycles. The standard InChI is InChI=1S/C36H28Cl2F4N8O4/c1-33(14-19-2-5-23(6-3-19)54-36(40,41)42)31(53)49(22-12-24(37)28(39)25(38)13-22)32-44-18-26(50(32)33)29(51)47-35(10-11-35)30(52)48-34(8-9-34)27-7-4-20(15-43-27)21-16-45-46-17-21/h2-7,12-13,15-18H,8-11,14H2,1H3,(H,45,46)(H,47,51)(H,48,52)/t33-/m1/s1. The summed E-state index contributed by atoms with van der Waals surface area (Å²) in [5.74, 6) is -3.08. The quantitative estimate of drug-likeness (QED) is 0.105. The molecule has 4 heterocycles. The van der Waals surface area contributed by atoms with Crippen LogP contribution < -0.4 is 20.3 Å². The number of benzene rings is 2. The number of halogens is 6. The summed E-state index contributed by atoms with van der Waals surface area (Å²) in [7, 11) is 0. The zero-order valence-electron chi connectivity index (χ0n) is 28.1. The van der Waals surface area contributed by atoms with E-state index in [1.54, 1.807) is 18.6 Å². The number of nitrogens with one attached hydrogen (secondary N) is 3. The van der Waals surface area contributed by atoms with Crippen molar-refractivity contribution < 1.29 is 36.7 Å². The minimum Gasteiger partial charge on any atom is -0.406 e. The van der Waals surface area contributed by atoms with Crippen LogP contribution in [-0.2, 0) is 27.1 Å². The van der Waals surface area contributed by atoms with Crippen molar-refractivity contribution in [3.8, 4) is 16.9 Å². The number of pyridine rings is 1. The largest absolute Gasteiger partial charge is 0.573 e. The molecule has 8 rings (SSSR count). The van der Waals surface area contributed by atoms with Crippen molar-refractivity contribution in [1.82, 2.24) is 35.4 Å². The smallest absolute Gasteiger partial charge is 0.406 e. The molecule has 18 heteroatoms. The molecule has 0 bridgehead atoms. The van der Waals surface area contributed by atoms with Crippen LogP contribution in [0.4, 0.5) is 29.2 Å². The molecule has 2 fully saturated rings. The van der Waals surface area contributed by atoms with Crippen molar-refractivity contribution in [2.75, 3.05) is 4.90 Å². The van der Waals surface area contributed by atoms with Crippen LogP contribution in [0.3, 0.4) is 0 Å². The number of hydrogen-bond acceptors (Lipinski definition) is 7. The number of aromatic amines is 1. The molecular formula is C36H28Cl2F4N8O4. The first kappa shape index (κ1) is 35.5. The van der Waals surface area contributed by atoms with Gasteiger partial charge in [-0.2, -0.15) is 5.10 Å². The Morgan fingerprint density at radius 3 is 2.22 bits per heavy atom. The summed E-state index contributed by atoms with van der Waals surface area (Å²) in [6.45, 7) is 1.53. The average Bonchev–Trinajstić information content (AvgIpc) is 3.93. The Bertz CT molecular complexity index is 2280. The zero-order valence-corrected chi connectivity index (χ0v) is 29.6. The first-order valence-corrected chi connectivity index (χ1v) is 17.4.